The Labute approximate surface area is 181 Å². The van der Waals surface area contributed by atoms with Crippen LogP contribution in [0.4, 0.5) is 5.69 Å². The number of quaternary nitrogens is 1. The van der Waals surface area contributed by atoms with Crippen molar-refractivity contribution in [3.05, 3.63) is 54.4 Å². The number of fused-ring (bicyclic) bond motifs is 1. The second-order valence-corrected chi connectivity index (χ2v) is 8.32. The maximum Gasteiger partial charge on any atom is 0.292 e. The number of amides is 2. The number of imide groups is 1. The molecule has 2 fully saturated rings. The van der Waals surface area contributed by atoms with Crippen molar-refractivity contribution in [1.82, 2.24) is 9.97 Å². The van der Waals surface area contributed by atoms with Gasteiger partial charge >= 0.3 is 0 Å². The minimum absolute atomic E-state index is 0.0913. The fraction of sp³-hybridized carbons (Fsp3) is 0.375. The van der Waals surface area contributed by atoms with E-state index >= 15 is 0 Å². The second-order valence-electron chi connectivity index (χ2n) is 8.32. The predicted molar refractivity (Wildman–Crippen MR) is 117 cm³/mol. The van der Waals surface area contributed by atoms with Gasteiger partial charge in [-0.2, -0.15) is 0 Å². The molecule has 0 unspecified atom stereocenters. The summed E-state index contributed by atoms with van der Waals surface area (Å²) >= 11 is 0. The molecule has 2 saturated heterocycles. The average Bonchev–Trinajstić information content (AvgIpc) is 3.35. The van der Waals surface area contributed by atoms with Crippen molar-refractivity contribution >= 4 is 28.5 Å². The third-order valence-corrected chi connectivity index (χ3v) is 6.47. The first-order valence-electron chi connectivity index (χ1n) is 11.0. The molecular weight excluding hydrogens is 392 g/mol. The number of aromatic amines is 1. The lowest BCUT2D eigenvalue weighted by Crippen LogP contribution is -3.17. The van der Waals surface area contributed by atoms with Crippen LogP contribution in [0.5, 0.6) is 5.75 Å². The Bertz CT molecular complexity index is 1070. The maximum absolute atomic E-state index is 13.1. The minimum Gasteiger partial charge on any atom is -0.494 e. The molecule has 0 radical (unpaired) electrons. The molecule has 1 aromatic heterocycles. The van der Waals surface area contributed by atoms with E-state index in [9.17, 15) is 9.59 Å². The Kier molecular flexibility index (Phi) is 5.19. The number of para-hydroxylation sites is 2. The monoisotopic (exact) mass is 419 g/mol. The third-order valence-electron chi connectivity index (χ3n) is 6.47. The van der Waals surface area contributed by atoms with Gasteiger partial charge < -0.3 is 14.6 Å². The lowest BCUT2D eigenvalue weighted by atomic mass is 9.95. The van der Waals surface area contributed by atoms with Gasteiger partial charge in [0.15, 0.2) is 6.04 Å². The van der Waals surface area contributed by atoms with E-state index in [1.807, 2.05) is 31.2 Å². The van der Waals surface area contributed by atoms with Crippen molar-refractivity contribution in [3.8, 4) is 5.75 Å². The average molecular weight is 420 g/mol. The van der Waals surface area contributed by atoms with Crippen LogP contribution in [0, 0.1) is 0 Å². The number of carbonyl (C=O) groups excluding carboxylic acids is 2. The Hall–Kier alpha value is -3.19. The molecule has 160 valence electrons. The largest absolute Gasteiger partial charge is 0.494 e. The number of H-pyrrole nitrogens is 1. The number of carbonyl (C=O) groups is 2. The first-order chi connectivity index (χ1) is 15.1. The zero-order chi connectivity index (χ0) is 21.4. The van der Waals surface area contributed by atoms with Gasteiger partial charge in [-0.25, -0.2) is 9.88 Å². The maximum atomic E-state index is 13.1. The summed E-state index contributed by atoms with van der Waals surface area (Å²) < 4.78 is 5.46. The molecule has 0 spiro atoms. The van der Waals surface area contributed by atoms with Crippen LogP contribution >= 0.6 is 0 Å². The van der Waals surface area contributed by atoms with Crippen molar-refractivity contribution in [2.45, 2.75) is 38.1 Å². The molecule has 3 aromatic rings. The molecule has 2 aliphatic heterocycles. The van der Waals surface area contributed by atoms with Crippen LogP contribution in [-0.4, -0.2) is 47.5 Å². The summed E-state index contributed by atoms with van der Waals surface area (Å²) in [7, 11) is 0. The van der Waals surface area contributed by atoms with Crippen molar-refractivity contribution in [1.29, 1.82) is 0 Å². The normalized spacial score (nSPS) is 24.2. The summed E-state index contributed by atoms with van der Waals surface area (Å²) in [5.74, 6) is 1.92. The summed E-state index contributed by atoms with van der Waals surface area (Å²) in [6.07, 6.45) is 2.18. The summed E-state index contributed by atoms with van der Waals surface area (Å²) in [4.78, 5) is 36.6. The number of likely N-dealkylation sites (tertiary alicyclic amines) is 1. The van der Waals surface area contributed by atoms with Gasteiger partial charge in [0, 0.05) is 18.8 Å². The Morgan fingerprint density at radius 2 is 1.84 bits per heavy atom. The first kappa shape index (κ1) is 19.8. The number of hydrogen-bond acceptors (Lipinski definition) is 4. The fourth-order valence-electron chi connectivity index (χ4n) is 4.86. The molecule has 2 N–H and O–H groups in total. The zero-order valence-electron chi connectivity index (χ0n) is 17.6. The SMILES string of the molecule is CCOc1ccc(N2C(=O)C[C@@H]([NH+]3CCC(c4nc5ccccc5[nH]4)CC3)C2=O)cc1. The molecule has 0 aliphatic carbocycles. The van der Waals surface area contributed by atoms with E-state index in [0.717, 1.165) is 48.5 Å². The smallest absolute Gasteiger partial charge is 0.292 e. The van der Waals surface area contributed by atoms with Crippen molar-refractivity contribution in [2.24, 2.45) is 0 Å². The number of rotatable bonds is 5. The third kappa shape index (κ3) is 3.70. The lowest BCUT2D eigenvalue weighted by Gasteiger charge is -2.31. The van der Waals surface area contributed by atoms with E-state index in [1.165, 1.54) is 9.80 Å². The van der Waals surface area contributed by atoms with E-state index < -0.39 is 0 Å². The quantitative estimate of drug-likeness (QED) is 0.621. The molecule has 2 amide bonds. The summed E-state index contributed by atoms with van der Waals surface area (Å²) in [5, 5.41) is 0. The molecular formula is C24H27N4O3+. The number of aromatic nitrogens is 2. The Morgan fingerprint density at radius 3 is 2.55 bits per heavy atom. The first-order valence-corrected chi connectivity index (χ1v) is 11.0. The van der Waals surface area contributed by atoms with E-state index in [4.69, 9.17) is 9.72 Å². The lowest BCUT2D eigenvalue weighted by molar-refractivity contribution is -0.920. The van der Waals surface area contributed by atoms with E-state index in [0.29, 0.717) is 18.2 Å². The van der Waals surface area contributed by atoms with Crippen LogP contribution in [0.1, 0.15) is 37.9 Å². The van der Waals surface area contributed by atoms with Gasteiger partial charge in [0.05, 0.1) is 42.8 Å². The van der Waals surface area contributed by atoms with Crippen molar-refractivity contribution < 1.29 is 19.2 Å². The Balaban J connectivity index is 1.25. The molecule has 7 nitrogen and oxygen atoms in total. The number of benzene rings is 2. The summed E-state index contributed by atoms with van der Waals surface area (Å²) in [6, 6.07) is 15.0. The van der Waals surface area contributed by atoms with E-state index in [2.05, 4.69) is 4.98 Å². The van der Waals surface area contributed by atoms with E-state index in [-0.39, 0.29) is 24.3 Å². The van der Waals surface area contributed by atoms with Crippen LogP contribution in [0.15, 0.2) is 48.5 Å². The number of nitrogens with zero attached hydrogens (tertiary/aromatic N) is 2. The zero-order valence-corrected chi connectivity index (χ0v) is 17.6. The van der Waals surface area contributed by atoms with Gasteiger partial charge in [-0.1, -0.05) is 12.1 Å². The predicted octanol–water partition coefficient (Wildman–Crippen LogP) is 2.06. The molecule has 2 aromatic carbocycles. The molecule has 7 heteroatoms. The number of ether oxygens (including phenoxy) is 1. The van der Waals surface area contributed by atoms with Gasteiger partial charge in [0.2, 0.25) is 5.91 Å². The van der Waals surface area contributed by atoms with Crippen molar-refractivity contribution in [3.63, 3.8) is 0 Å². The Morgan fingerprint density at radius 1 is 1.10 bits per heavy atom. The minimum atomic E-state index is -0.296. The molecule has 0 bridgehead atoms. The second kappa shape index (κ2) is 8.15. The highest BCUT2D eigenvalue weighted by molar-refractivity contribution is 6.21. The molecule has 2 aliphatic rings. The number of hydrogen-bond donors (Lipinski definition) is 2. The number of anilines is 1. The van der Waals surface area contributed by atoms with Gasteiger partial charge in [-0.15, -0.1) is 0 Å². The number of piperidine rings is 1. The van der Waals surface area contributed by atoms with E-state index in [1.54, 1.807) is 24.3 Å². The topological polar surface area (TPSA) is 79.7 Å². The van der Waals surface area contributed by atoms with Gasteiger partial charge in [0.25, 0.3) is 5.91 Å². The van der Waals surface area contributed by atoms with Gasteiger partial charge in [0.1, 0.15) is 11.6 Å². The van der Waals surface area contributed by atoms with Crippen LogP contribution in [0.25, 0.3) is 11.0 Å². The molecule has 31 heavy (non-hydrogen) atoms. The molecule has 1 atom stereocenters. The highest BCUT2D eigenvalue weighted by Crippen LogP contribution is 2.27. The van der Waals surface area contributed by atoms with Crippen LogP contribution < -0.4 is 14.5 Å². The molecule has 3 heterocycles. The van der Waals surface area contributed by atoms with Gasteiger partial charge in [-0.3, -0.25) is 9.59 Å². The van der Waals surface area contributed by atoms with Crippen LogP contribution in [-0.2, 0) is 9.59 Å². The highest BCUT2D eigenvalue weighted by atomic mass is 16.5. The fourth-order valence-corrected chi connectivity index (χ4v) is 4.86. The molecule has 5 rings (SSSR count). The standard InChI is InChI=1S/C24H26N4O3/c1-2-31-18-9-7-17(8-10-18)28-22(29)15-21(24(28)30)27-13-11-16(12-14-27)23-25-19-5-3-4-6-20(19)26-23/h3-10,16,21H,2,11-15H2,1H3,(H,25,26)/p+1/t21-/m1/s1. The molecule has 0 saturated carbocycles. The van der Waals surface area contributed by atoms with Crippen molar-refractivity contribution in [2.75, 3.05) is 24.6 Å². The number of imidazole rings is 1. The van der Waals surface area contributed by atoms with Crippen LogP contribution in [0.2, 0.25) is 0 Å². The highest BCUT2D eigenvalue weighted by Gasteiger charge is 2.46. The summed E-state index contributed by atoms with van der Waals surface area (Å²) in [5.41, 5.74) is 2.68. The summed E-state index contributed by atoms with van der Waals surface area (Å²) in [6.45, 7) is 4.23. The van der Waals surface area contributed by atoms with Crippen LogP contribution in [0.3, 0.4) is 0 Å². The van der Waals surface area contributed by atoms with Gasteiger partial charge in [-0.05, 0) is 43.3 Å². The number of nitrogens with one attached hydrogen (secondary N) is 2.